The van der Waals surface area contributed by atoms with E-state index in [1.807, 2.05) is 6.92 Å². The second-order valence-corrected chi connectivity index (χ2v) is 9.11. The lowest BCUT2D eigenvalue weighted by Gasteiger charge is -2.38. The molecule has 0 aromatic heterocycles. The van der Waals surface area contributed by atoms with Crippen molar-refractivity contribution in [1.29, 1.82) is 0 Å². The lowest BCUT2D eigenvalue weighted by atomic mass is 9.71. The SMILES string of the molecule is CCc1ccc(COC(=O)c2ccc(C(c3ccc(C(=O)O)c(C(=O)OC)c3)(C(F)(F)F)C(F)(F)F)cc2C(=O)O)cc1. The van der Waals surface area contributed by atoms with E-state index in [0.29, 0.717) is 17.7 Å². The van der Waals surface area contributed by atoms with Crippen LogP contribution in [0, 0.1) is 0 Å². The molecule has 2 N–H and O–H groups in total. The monoisotopic (exact) mass is 612 g/mol. The summed E-state index contributed by atoms with van der Waals surface area (Å²) in [6.45, 7) is 1.53. The third-order valence-corrected chi connectivity index (χ3v) is 6.64. The number of aromatic carboxylic acids is 2. The van der Waals surface area contributed by atoms with Gasteiger partial charge in [0.15, 0.2) is 0 Å². The van der Waals surface area contributed by atoms with Crippen molar-refractivity contribution in [3.05, 3.63) is 105 Å². The lowest BCUT2D eigenvalue weighted by molar-refractivity contribution is -0.288. The van der Waals surface area contributed by atoms with Crippen molar-refractivity contribution < 1.29 is 65.2 Å². The van der Waals surface area contributed by atoms with E-state index >= 15 is 0 Å². The van der Waals surface area contributed by atoms with Crippen LogP contribution in [0.3, 0.4) is 0 Å². The Kier molecular flexibility index (Phi) is 9.22. The molecule has 0 atom stereocenters. The number of ether oxygens (including phenoxy) is 2. The fourth-order valence-corrected chi connectivity index (χ4v) is 4.46. The van der Waals surface area contributed by atoms with E-state index in [1.165, 1.54) is 0 Å². The molecule has 228 valence electrons. The second kappa shape index (κ2) is 12.2. The number of aryl methyl sites for hydroxylation is 1. The molecule has 0 saturated heterocycles. The van der Waals surface area contributed by atoms with E-state index in [1.54, 1.807) is 24.3 Å². The van der Waals surface area contributed by atoms with Crippen LogP contribution in [0.1, 0.15) is 70.6 Å². The number of rotatable bonds is 9. The van der Waals surface area contributed by atoms with Gasteiger partial charge in [-0.25, -0.2) is 19.2 Å². The number of methoxy groups -OCH3 is 1. The number of hydrogen-bond donors (Lipinski definition) is 2. The molecule has 0 spiro atoms. The van der Waals surface area contributed by atoms with Crippen molar-refractivity contribution in [2.24, 2.45) is 0 Å². The number of hydrogen-bond acceptors (Lipinski definition) is 6. The fourth-order valence-electron chi connectivity index (χ4n) is 4.46. The quantitative estimate of drug-likeness (QED) is 0.216. The highest BCUT2D eigenvalue weighted by molar-refractivity contribution is 6.03. The Morgan fingerprint density at radius 2 is 1.12 bits per heavy atom. The zero-order valence-electron chi connectivity index (χ0n) is 22.3. The average molecular weight is 612 g/mol. The Morgan fingerprint density at radius 3 is 1.56 bits per heavy atom. The van der Waals surface area contributed by atoms with Gasteiger partial charge in [0.05, 0.1) is 29.4 Å². The van der Waals surface area contributed by atoms with Crippen LogP contribution in [0.15, 0.2) is 60.7 Å². The largest absolute Gasteiger partial charge is 0.478 e. The summed E-state index contributed by atoms with van der Waals surface area (Å²) in [5.41, 5.74) is -11.0. The maximum Gasteiger partial charge on any atom is 0.411 e. The van der Waals surface area contributed by atoms with Gasteiger partial charge in [-0.15, -0.1) is 0 Å². The topological polar surface area (TPSA) is 127 Å². The van der Waals surface area contributed by atoms with E-state index in [-0.39, 0.29) is 30.9 Å². The lowest BCUT2D eigenvalue weighted by Crippen LogP contribution is -2.55. The van der Waals surface area contributed by atoms with Gasteiger partial charge in [0.1, 0.15) is 6.61 Å². The molecule has 0 radical (unpaired) electrons. The van der Waals surface area contributed by atoms with Crippen LogP contribution in [0.2, 0.25) is 0 Å². The van der Waals surface area contributed by atoms with Crippen molar-refractivity contribution in [2.45, 2.75) is 37.7 Å². The van der Waals surface area contributed by atoms with Crippen molar-refractivity contribution >= 4 is 23.9 Å². The molecule has 0 amide bonds. The zero-order chi connectivity index (χ0) is 32.3. The van der Waals surface area contributed by atoms with E-state index in [0.717, 1.165) is 19.1 Å². The molecule has 0 fully saturated rings. The average Bonchev–Trinajstić information content (AvgIpc) is 2.94. The van der Waals surface area contributed by atoms with E-state index in [9.17, 15) is 55.7 Å². The highest BCUT2D eigenvalue weighted by Gasteiger charge is 2.72. The molecule has 0 bridgehead atoms. The van der Waals surface area contributed by atoms with Gasteiger partial charge < -0.3 is 19.7 Å². The summed E-state index contributed by atoms with van der Waals surface area (Å²) in [4.78, 5) is 48.3. The van der Waals surface area contributed by atoms with Crippen molar-refractivity contribution in [1.82, 2.24) is 0 Å². The molecule has 8 nitrogen and oxygen atoms in total. The summed E-state index contributed by atoms with van der Waals surface area (Å²) in [6, 6.07) is 8.13. The summed E-state index contributed by atoms with van der Waals surface area (Å²) in [5, 5.41) is 19.0. The molecule has 0 saturated carbocycles. The minimum Gasteiger partial charge on any atom is -0.478 e. The standard InChI is InChI=1S/C29H22F6O8/c1-3-15-4-6-16(7-5-15)14-43-26(41)20-11-9-17(12-21(20)24(38)39)27(28(30,31)32,29(33,34)35)18-8-10-19(23(36)37)22(13-18)25(40)42-2/h4-13H,3,14H2,1-2H3,(H,36,37)(H,38,39). The van der Waals surface area contributed by atoms with Gasteiger partial charge in [0.2, 0.25) is 5.41 Å². The highest BCUT2D eigenvalue weighted by Crippen LogP contribution is 2.56. The molecule has 14 heteroatoms. The van der Waals surface area contributed by atoms with E-state index in [2.05, 4.69) is 4.74 Å². The summed E-state index contributed by atoms with van der Waals surface area (Å²) < 4.78 is 97.5. The van der Waals surface area contributed by atoms with Crippen LogP contribution in [-0.4, -0.2) is 53.6 Å². The Hall–Kier alpha value is -4.88. The van der Waals surface area contributed by atoms with E-state index < -0.39 is 75.0 Å². The van der Waals surface area contributed by atoms with Crippen LogP contribution >= 0.6 is 0 Å². The van der Waals surface area contributed by atoms with Gasteiger partial charge >= 0.3 is 36.2 Å². The summed E-state index contributed by atoms with van der Waals surface area (Å²) in [7, 11) is 0.735. The first-order chi connectivity index (χ1) is 20.0. The molecule has 43 heavy (non-hydrogen) atoms. The zero-order valence-corrected chi connectivity index (χ0v) is 22.3. The summed E-state index contributed by atoms with van der Waals surface area (Å²) in [6.07, 6.45) is -11.7. The first-order valence-electron chi connectivity index (χ1n) is 12.2. The maximum atomic E-state index is 14.7. The Bertz CT molecular complexity index is 1540. The third kappa shape index (κ3) is 6.17. The minimum atomic E-state index is -6.23. The fraction of sp³-hybridized carbons (Fsp3) is 0.241. The van der Waals surface area contributed by atoms with Crippen LogP contribution in [0.5, 0.6) is 0 Å². The first kappa shape index (κ1) is 32.6. The van der Waals surface area contributed by atoms with Crippen molar-refractivity contribution in [3.8, 4) is 0 Å². The number of carbonyl (C=O) groups is 4. The van der Waals surface area contributed by atoms with Gasteiger partial charge in [-0.1, -0.05) is 43.3 Å². The summed E-state index contributed by atoms with van der Waals surface area (Å²) >= 11 is 0. The van der Waals surface area contributed by atoms with Gasteiger partial charge in [-0.2, -0.15) is 26.3 Å². The van der Waals surface area contributed by atoms with Crippen LogP contribution < -0.4 is 0 Å². The van der Waals surface area contributed by atoms with E-state index in [4.69, 9.17) is 4.74 Å². The summed E-state index contributed by atoms with van der Waals surface area (Å²) in [5.74, 6) is -6.73. The van der Waals surface area contributed by atoms with Crippen LogP contribution in [0.25, 0.3) is 0 Å². The molecule has 0 unspecified atom stereocenters. The number of carboxylic acid groups (broad SMARTS) is 2. The highest BCUT2D eigenvalue weighted by atomic mass is 19.4. The molecule has 0 aliphatic heterocycles. The predicted molar refractivity (Wildman–Crippen MR) is 136 cm³/mol. The number of halogens is 6. The molecule has 0 aliphatic carbocycles. The molecular formula is C29H22F6O8. The van der Waals surface area contributed by atoms with Gasteiger partial charge in [0.25, 0.3) is 0 Å². The number of alkyl halides is 6. The number of benzene rings is 3. The first-order valence-corrected chi connectivity index (χ1v) is 12.2. The predicted octanol–water partition coefficient (Wildman–Crippen LogP) is 6.20. The Labute approximate surface area is 239 Å². The molecular weight excluding hydrogens is 590 g/mol. The Balaban J connectivity index is 2.23. The van der Waals surface area contributed by atoms with Crippen LogP contribution in [0.4, 0.5) is 26.3 Å². The van der Waals surface area contributed by atoms with Crippen LogP contribution in [-0.2, 0) is 27.9 Å². The second-order valence-electron chi connectivity index (χ2n) is 9.11. The van der Waals surface area contributed by atoms with Gasteiger partial charge in [-0.05, 0) is 52.9 Å². The maximum absolute atomic E-state index is 14.7. The molecule has 0 heterocycles. The van der Waals surface area contributed by atoms with Gasteiger partial charge in [-0.3, -0.25) is 0 Å². The third-order valence-electron chi connectivity index (χ3n) is 6.64. The molecule has 3 aromatic rings. The van der Waals surface area contributed by atoms with Crippen molar-refractivity contribution in [2.75, 3.05) is 7.11 Å². The van der Waals surface area contributed by atoms with Gasteiger partial charge in [0, 0.05) is 0 Å². The smallest absolute Gasteiger partial charge is 0.411 e. The molecule has 3 aromatic carbocycles. The number of carbonyl (C=O) groups excluding carboxylic acids is 2. The molecule has 3 rings (SSSR count). The molecule has 0 aliphatic rings. The Morgan fingerprint density at radius 1 is 0.651 bits per heavy atom. The minimum absolute atomic E-state index is 0.0405. The number of carboxylic acids is 2. The van der Waals surface area contributed by atoms with Crippen molar-refractivity contribution in [3.63, 3.8) is 0 Å². The normalized spacial score (nSPS) is 12.0. The number of esters is 2.